The normalized spacial score (nSPS) is 13.4. The summed E-state index contributed by atoms with van der Waals surface area (Å²) in [5.41, 5.74) is 2.86. The summed E-state index contributed by atoms with van der Waals surface area (Å²) < 4.78 is 14.4. The van der Waals surface area contributed by atoms with Crippen molar-refractivity contribution in [3.05, 3.63) is 66.4 Å². The molecule has 0 aliphatic carbocycles. The van der Waals surface area contributed by atoms with Gasteiger partial charge in [-0.3, -0.25) is 14.6 Å². The zero-order chi connectivity index (χ0) is 22.0. The molecule has 7 nitrogen and oxygen atoms in total. The number of pyridine rings is 2. The fourth-order valence-electron chi connectivity index (χ4n) is 3.46. The zero-order valence-corrected chi connectivity index (χ0v) is 17.3. The van der Waals surface area contributed by atoms with Crippen molar-refractivity contribution in [2.75, 3.05) is 30.9 Å². The van der Waals surface area contributed by atoms with Crippen molar-refractivity contribution in [3.63, 3.8) is 0 Å². The summed E-state index contributed by atoms with van der Waals surface area (Å²) in [5.74, 6) is -0.256. The predicted molar refractivity (Wildman–Crippen MR) is 117 cm³/mol. The number of nitrogens with zero attached hydrogens (tertiary/aromatic N) is 4. The van der Waals surface area contributed by atoms with Gasteiger partial charge >= 0.3 is 0 Å². The number of benzene rings is 1. The van der Waals surface area contributed by atoms with Crippen molar-refractivity contribution in [3.8, 4) is 11.1 Å². The lowest BCUT2D eigenvalue weighted by Gasteiger charge is -2.16. The third kappa shape index (κ3) is 4.37. The van der Waals surface area contributed by atoms with Crippen molar-refractivity contribution >= 4 is 29.0 Å². The third-order valence-electron chi connectivity index (χ3n) is 5.08. The minimum Gasteiger partial charge on any atom is -0.345 e. The number of carbonyl (C=O) groups excluding carboxylic acids is 2. The molecule has 1 fully saturated rings. The van der Waals surface area contributed by atoms with Gasteiger partial charge in [0.1, 0.15) is 11.6 Å². The summed E-state index contributed by atoms with van der Waals surface area (Å²) in [4.78, 5) is 35.6. The molecule has 0 bridgehead atoms. The minimum atomic E-state index is -0.572. The van der Waals surface area contributed by atoms with E-state index in [1.165, 1.54) is 17.0 Å². The van der Waals surface area contributed by atoms with Crippen molar-refractivity contribution < 1.29 is 14.0 Å². The Morgan fingerprint density at radius 3 is 2.55 bits per heavy atom. The minimum absolute atomic E-state index is 0.0314. The molecule has 0 atom stereocenters. The molecule has 2 amide bonds. The van der Waals surface area contributed by atoms with Crippen molar-refractivity contribution in [2.45, 2.75) is 12.8 Å². The SMILES string of the molecule is CN(C)C(=O)c1ccc(-c2ccc(Nc3cncc(N4CCCC4=O)c3)nc2)cc1F. The molecule has 8 heteroatoms. The number of halogens is 1. The highest BCUT2D eigenvalue weighted by atomic mass is 19.1. The first-order valence-corrected chi connectivity index (χ1v) is 9.92. The van der Waals surface area contributed by atoms with Gasteiger partial charge in [-0.15, -0.1) is 0 Å². The Morgan fingerprint density at radius 1 is 1.10 bits per heavy atom. The number of anilines is 3. The second kappa shape index (κ2) is 8.51. The van der Waals surface area contributed by atoms with Crippen molar-refractivity contribution in [1.82, 2.24) is 14.9 Å². The van der Waals surface area contributed by atoms with E-state index in [-0.39, 0.29) is 17.4 Å². The lowest BCUT2D eigenvalue weighted by Crippen LogP contribution is -2.23. The topological polar surface area (TPSA) is 78.4 Å². The Morgan fingerprint density at radius 2 is 1.90 bits per heavy atom. The number of aromatic nitrogens is 2. The highest BCUT2D eigenvalue weighted by Crippen LogP contribution is 2.26. The standard InChI is InChI=1S/C23H22FN5O2/c1-28(2)23(31)19-7-5-15(10-20(19)24)16-6-8-21(26-12-16)27-17-11-18(14-25-13-17)29-9-3-4-22(29)30/h5-8,10-14H,3-4,9H2,1-2H3,(H,26,27). The van der Waals surface area contributed by atoms with Crippen LogP contribution in [-0.2, 0) is 4.79 Å². The molecule has 3 heterocycles. The van der Waals surface area contributed by atoms with E-state index in [9.17, 15) is 14.0 Å². The number of hydrogen-bond acceptors (Lipinski definition) is 5. The van der Waals surface area contributed by atoms with E-state index < -0.39 is 5.82 Å². The van der Waals surface area contributed by atoms with Gasteiger partial charge in [-0.2, -0.15) is 0 Å². The summed E-state index contributed by atoms with van der Waals surface area (Å²) in [6.07, 6.45) is 6.38. The highest BCUT2D eigenvalue weighted by molar-refractivity contribution is 5.96. The summed E-state index contributed by atoms with van der Waals surface area (Å²) in [6.45, 7) is 0.701. The van der Waals surface area contributed by atoms with Gasteiger partial charge in [0.2, 0.25) is 5.91 Å². The van der Waals surface area contributed by atoms with Crippen molar-refractivity contribution in [2.24, 2.45) is 0 Å². The average molecular weight is 419 g/mol. The fourth-order valence-corrected chi connectivity index (χ4v) is 3.46. The van der Waals surface area contributed by atoms with Gasteiger partial charge in [-0.25, -0.2) is 9.37 Å². The number of rotatable bonds is 5. The van der Waals surface area contributed by atoms with Crippen molar-refractivity contribution in [1.29, 1.82) is 0 Å². The van der Waals surface area contributed by atoms with E-state index in [4.69, 9.17) is 0 Å². The van der Waals surface area contributed by atoms with E-state index in [1.54, 1.807) is 49.7 Å². The van der Waals surface area contributed by atoms with Crippen LogP contribution in [0.4, 0.5) is 21.6 Å². The maximum absolute atomic E-state index is 14.4. The Balaban J connectivity index is 1.50. The van der Waals surface area contributed by atoms with Gasteiger partial charge in [0.05, 0.1) is 29.3 Å². The molecule has 0 radical (unpaired) electrons. The number of nitrogens with one attached hydrogen (secondary N) is 1. The molecular weight excluding hydrogens is 397 g/mol. The third-order valence-corrected chi connectivity index (χ3v) is 5.08. The molecule has 1 N–H and O–H groups in total. The van der Waals surface area contributed by atoms with Gasteiger partial charge in [-0.05, 0) is 42.3 Å². The number of carbonyl (C=O) groups is 2. The maximum Gasteiger partial charge on any atom is 0.256 e. The van der Waals surface area contributed by atoms with E-state index in [0.29, 0.717) is 24.3 Å². The van der Waals surface area contributed by atoms with Gasteiger partial charge in [0.25, 0.3) is 5.91 Å². The summed E-state index contributed by atoms with van der Waals surface area (Å²) >= 11 is 0. The molecule has 0 spiro atoms. The van der Waals surface area contributed by atoms with Gasteiger partial charge in [0, 0.05) is 38.8 Å². The molecule has 3 aromatic rings. The molecule has 2 aromatic heterocycles. The van der Waals surface area contributed by atoms with E-state index in [1.807, 2.05) is 12.1 Å². The van der Waals surface area contributed by atoms with Crippen LogP contribution in [0.2, 0.25) is 0 Å². The van der Waals surface area contributed by atoms with E-state index in [0.717, 1.165) is 23.4 Å². The van der Waals surface area contributed by atoms with Crippen LogP contribution in [0, 0.1) is 5.82 Å². The van der Waals surface area contributed by atoms with Gasteiger partial charge in [0.15, 0.2) is 0 Å². The molecule has 1 aliphatic heterocycles. The fraction of sp³-hybridized carbons (Fsp3) is 0.217. The van der Waals surface area contributed by atoms with Gasteiger partial charge < -0.3 is 15.1 Å². The summed E-state index contributed by atoms with van der Waals surface area (Å²) in [5, 5.41) is 3.17. The number of hydrogen-bond donors (Lipinski definition) is 1. The molecule has 0 saturated carbocycles. The smallest absolute Gasteiger partial charge is 0.256 e. The summed E-state index contributed by atoms with van der Waals surface area (Å²) in [7, 11) is 3.17. The van der Waals surface area contributed by atoms with Crippen LogP contribution < -0.4 is 10.2 Å². The Labute approximate surface area is 179 Å². The molecule has 1 aliphatic rings. The molecule has 31 heavy (non-hydrogen) atoms. The van der Waals surface area contributed by atoms with Gasteiger partial charge in [-0.1, -0.05) is 6.07 Å². The molecule has 4 rings (SSSR count). The highest BCUT2D eigenvalue weighted by Gasteiger charge is 2.22. The molecule has 1 saturated heterocycles. The summed E-state index contributed by atoms with van der Waals surface area (Å²) in [6, 6.07) is 9.97. The number of amides is 2. The largest absolute Gasteiger partial charge is 0.345 e. The average Bonchev–Trinajstić information content (AvgIpc) is 3.20. The molecule has 0 unspecified atom stereocenters. The Hall–Kier alpha value is -3.81. The molecule has 1 aromatic carbocycles. The lowest BCUT2D eigenvalue weighted by molar-refractivity contribution is -0.117. The van der Waals surface area contributed by atoms with Crippen LogP contribution in [0.3, 0.4) is 0 Å². The Bertz CT molecular complexity index is 1130. The van der Waals surface area contributed by atoms with Crippen LogP contribution in [0.25, 0.3) is 11.1 Å². The maximum atomic E-state index is 14.4. The van der Waals surface area contributed by atoms with Crippen LogP contribution in [-0.4, -0.2) is 47.3 Å². The molecule has 158 valence electrons. The first-order chi connectivity index (χ1) is 14.9. The second-order valence-electron chi connectivity index (χ2n) is 7.53. The van der Waals surface area contributed by atoms with E-state index >= 15 is 0 Å². The predicted octanol–water partition coefficient (Wildman–Crippen LogP) is 3.85. The Kier molecular flexibility index (Phi) is 5.62. The van der Waals surface area contributed by atoms with Crippen LogP contribution in [0.5, 0.6) is 0 Å². The van der Waals surface area contributed by atoms with Crippen LogP contribution in [0.15, 0.2) is 55.0 Å². The zero-order valence-electron chi connectivity index (χ0n) is 17.3. The second-order valence-corrected chi connectivity index (χ2v) is 7.53. The van der Waals surface area contributed by atoms with Crippen LogP contribution >= 0.6 is 0 Å². The molecular formula is C23H22FN5O2. The lowest BCUT2D eigenvalue weighted by atomic mass is 10.0. The van der Waals surface area contributed by atoms with Crippen LogP contribution in [0.1, 0.15) is 23.2 Å². The quantitative estimate of drug-likeness (QED) is 0.680. The first kappa shape index (κ1) is 20.5. The first-order valence-electron chi connectivity index (χ1n) is 9.92. The van der Waals surface area contributed by atoms with E-state index in [2.05, 4.69) is 15.3 Å². The monoisotopic (exact) mass is 419 g/mol.